The second-order valence-electron chi connectivity index (χ2n) is 3.74. The van der Waals surface area contributed by atoms with Crippen molar-refractivity contribution in [3.05, 3.63) is 23.8 Å². The summed E-state index contributed by atoms with van der Waals surface area (Å²) >= 11 is 0. The molecule has 0 saturated heterocycles. The lowest BCUT2D eigenvalue weighted by molar-refractivity contribution is 0.286. The number of ether oxygens (including phenoxy) is 2. The van der Waals surface area contributed by atoms with Crippen LogP contribution in [0.1, 0.15) is 31.7 Å². The largest absolute Gasteiger partial charge is 0.493 e. The van der Waals surface area contributed by atoms with Crippen LogP contribution in [0.25, 0.3) is 0 Å². The lowest BCUT2D eigenvalue weighted by Crippen LogP contribution is -2.00. The molecule has 4 heteroatoms. The number of hydrazone groups is 1. The van der Waals surface area contributed by atoms with Crippen LogP contribution in [0.15, 0.2) is 23.3 Å². The zero-order valence-electron chi connectivity index (χ0n) is 10.5. The Labute approximate surface area is 102 Å². The van der Waals surface area contributed by atoms with Crippen molar-refractivity contribution in [1.29, 1.82) is 0 Å². The van der Waals surface area contributed by atoms with Crippen LogP contribution in [0.4, 0.5) is 0 Å². The summed E-state index contributed by atoms with van der Waals surface area (Å²) in [5, 5.41) is 3.48. The third-order valence-corrected chi connectivity index (χ3v) is 2.42. The fourth-order valence-corrected chi connectivity index (χ4v) is 1.50. The first-order valence-corrected chi connectivity index (χ1v) is 5.86. The highest BCUT2D eigenvalue weighted by Gasteiger charge is 2.04. The van der Waals surface area contributed by atoms with Gasteiger partial charge in [0.15, 0.2) is 11.5 Å². The van der Waals surface area contributed by atoms with Crippen molar-refractivity contribution >= 4 is 6.21 Å². The number of unbranched alkanes of at least 4 members (excludes halogenated alkanes) is 2. The summed E-state index contributed by atoms with van der Waals surface area (Å²) in [5.74, 6) is 6.57. The first kappa shape index (κ1) is 13.4. The van der Waals surface area contributed by atoms with Gasteiger partial charge in [-0.05, 0) is 30.2 Å². The summed E-state index contributed by atoms with van der Waals surface area (Å²) in [6.45, 7) is 2.88. The van der Waals surface area contributed by atoms with Gasteiger partial charge < -0.3 is 15.3 Å². The molecule has 0 fully saturated rings. The Morgan fingerprint density at radius 2 is 2.12 bits per heavy atom. The summed E-state index contributed by atoms with van der Waals surface area (Å²) in [6.07, 6.45) is 5.00. The van der Waals surface area contributed by atoms with Gasteiger partial charge in [-0.25, -0.2) is 0 Å². The molecule has 0 bridgehead atoms. The van der Waals surface area contributed by atoms with Crippen molar-refractivity contribution < 1.29 is 9.47 Å². The van der Waals surface area contributed by atoms with Gasteiger partial charge in [0.25, 0.3) is 0 Å². The second kappa shape index (κ2) is 7.54. The average Bonchev–Trinajstić information content (AvgIpc) is 2.36. The van der Waals surface area contributed by atoms with Crippen molar-refractivity contribution in [2.24, 2.45) is 10.9 Å². The first-order chi connectivity index (χ1) is 8.31. The van der Waals surface area contributed by atoms with Crippen LogP contribution in [0, 0.1) is 0 Å². The van der Waals surface area contributed by atoms with E-state index < -0.39 is 0 Å². The highest BCUT2D eigenvalue weighted by Crippen LogP contribution is 2.27. The predicted molar refractivity (Wildman–Crippen MR) is 69.8 cm³/mol. The van der Waals surface area contributed by atoms with Gasteiger partial charge in [0.05, 0.1) is 19.9 Å². The molecule has 1 aromatic carbocycles. The molecule has 0 aromatic heterocycles. The van der Waals surface area contributed by atoms with Gasteiger partial charge in [-0.1, -0.05) is 19.8 Å². The zero-order valence-corrected chi connectivity index (χ0v) is 10.5. The molecule has 0 saturated carbocycles. The quantitative estimate of drug-likeness (QED) is 0.342. The summed E-state index contributed by atoms with van der Waals surface area (Å²) in [4.78, 5) is 0. The minimum atomic E-state index is 0.707. The topological polar surface area (TPSA) is 56.8 Å². The van der Waals surface area contributed by atoms with E-state index in [1.54, 1.807) is 13.3 Å². The number of rotatable bonds is 7. The standard InChI is InChI=1S/C13H20N2O2/c1-3-4-5-8-17-12-7-6-11(10-15-14)9-13(12)16-2/h6-7,9-10H,3-5,8,14H2,1-2H3. The molecular formula is C13H20N2O2. The SMILES string of the molecule is CCCCCOc1ccc(C=NN)cc1OC. The van der Waals surface area contributed by atoms with Crippen LogP contribution < -0.4 is 15.3 Å². The van der Waals surface area contributed by atoms with Crippen molar-refractivity contribution in [2.75, 3.05) is 13.7 Å². The Morgan fingerprint density at radius 3 is 2.76 bits per heavy atom. The monoisotopic (exact) mass is 236 g/mol. The number of hydrogen-bond donors (Lipinski definition) is 1. The summed E-state index contributed by atoms with van der Waals surface area (Å²) in [7, 11) is 1.62. The van der Waals surface area contributed by atoms with Gasteiger partial charge >= 0.3 is 0 Å². The Hall–Kier alpha value is -1.71. The predicted octanol–water partition coefficient (Wildman–Crippen LogP) is 2.56. The lowest BCUT2D eigenvalue weighted by atomic mass is 10.2. The zero-order chi connectivity index (χ0) is 12.5. The van der Waals surface area contributed by atoms with Crippen LogP contribution in [-0.2, 0) is 0 Å². The number of methoxy groups -OCH3 is 1. The van der Waals surface area contributed by atoms with Crippen molar-refractivity contribution in [1.82, 2.24) is 0 Å². The van der Waals surface area contributed by atoms with E-state index in [1.165, 1.54) is 12.8 Å². The molecule has 0 amide bonds. The van der Waals surface area contributed by atoms with Crippen LogP contribution in [0.3, 0.4) is 0 Å². The van der Waals surface area contributed by atoms with E-state index in [2.05, 4.69) is 12.0 Å². The maximum Gasteiger partial charge on any atom is 0.161 e. The van der Waals surface area contributed by atoms with Crippen LogP contribution in [0.5, 0.6) is 11.5 Å². The maximum atomic E-state index is 5.66. The third-order valence-electron chi connectivity index (χ3n) is 2.42. The normalized spacial score (nSPS) is 10.7. The molecule has 17 heavy (non-hydrogen) atoms. The Balaban J connectivity index is 2.64. The Bertz CT molecular complexity index is 364. The average molecular weight is 236 g/mol. The van der Waals surface area contributed by atoms with Crippen molar-refractivity contribution in [2.45, 2.75) is 26.2 Å². The van der Waals surface area contributed by atoms with E-state index in [4.69, 9.17) is 15.3 Å². The molecule has 2 N–H and O–H groups in total. The highest BCUT2D eigenvalue weighted by atomic mass is 16.5. The van der Waals surface area contributed by atoms with E-state index >= 15 is 0 Å². The van der Waals surface area contributed by atoms with Gasteiger partial charge in [-0.2, -0.15) is 5.10 Å². The van der Waals surface area contributed by atoms with Gasteiger partial charge in [0.1, 0.15) is 0 Å². The van der Waals surface area contributed by atoms with E-state index in [9.17, 15) is 0 Å². The number of nitrogens with two attached hydrogens (primary N) is 1. The third kappa shape index (κ3) is 4.34. The van der Waals surface area contributed by atoms with E-state index in [0.29, 0.717) is 12.4 Å². The van der Waals surface area contributed by atoms with Gasteiger partial charge in [-0.3, -0.25) is 0 Å². The van der Waals surface area contributed by atoms with Gasteiger partial charge in [0.2, 0.25) is 0 Å². The molecule has 0 aliphatic carbocycles. The number of nitrogens with zero attached hydrogens (tertiary/aromatic N) is 1. The Morgan fingerprint density at radius 1 is 1.29 bits per heavy atom. The van der Waals surface area contributed by atoms with E-state index in [-0.39, 0.29) is 0 Å². The fourth-order valence-electron chi connectivity index (χ4n) is 1.50. The molecule has 0 aliphatic rings. The molecule has 0 atom stereocenters. The second-order valence-corrected chi connectivity index (χ2v) is 3.74. The van der Waals surface area contributed by atoms with Crippen LogP contribution in [0.2, 0.25) is 0 Å². The molecule has 0 heterocycles. The highest BCUT2D eigenvalue weighted by molar-refractivity contribution is 5.80. The minimum Gasteiger partial charge on any atom is -0.493 e. The number of hydrogen-bond acceptors (Lipinski definition) is 4. The molecule has 0 aliphatic heterocycles. The molecule has 0 radical (unpaired) electrons. The van der Waals surface area contributed by atoms with Gasteiger partial charge in [0, 0.05) is 0 Å². The van der Waals surface area contributed by atoms with Crippen molar-refractivity contribution in [3.63, 3.8) is 0 Å². The molecule has 0 spiro atoms. The Kier molecular flexibility index (Phi) is 5.93. The smallest absolute Gasteiger partial charge is 0.161 e. The van der Waals surface area contributed by atoms with Gasteiger partial charge in [-0.15, -0.1) is 0 Å². The summed E-state index contributed by atoms with van der Waals surface area (Å²) < 4.78 is 10.9. The molecule has 4 nitrogen and oxygen atoms in total. The molecule has 94 valence electrons. The van der Waals surface area contributed by atoms with E-state index in [0.717, 1.165) is 17.7 Å². The maximum absolute atomic E-state index is 5.66. The lowest BCUT2D eigenvalue weighted by Gasteiger charge is -2.10. The fraction of sp³-hybridized carbons (Fsp3) is 0.462. The van der Waals surface area contributed by atoms with Crippen molar-refractivity contribution in [3.8, 4) is 11.5 Å². The molecule has 1 aromatic rings. The number of benzene rings is 1. The molecule has 1 rings (SSSR count). The first-order valence-electron chi connectivity index (χ1n) is 5.86. The molecule has 0 unspecified atom stereocenters. The summed E-state index contributed by atoms with van der Waals surface area (Å²) in [6, 6.07) is 5.63. The van der Waals surface area contributed by atoms with Crippen LogP contribution in [-0.4, -0.2) is 19.9 Å². The minimum absolute atomic E-state index is 0.707. The van der Waals surface area contributed by atoms with Crippen LogP contribution >= 0.6 is 0 Å². The molecular weight excluding hydrogens is 216 g/mol. The van der Waals surface area contributed by atoms with E-state index in [1.807, 2.05) is 18.2 Å². The summed E-state index contributed by atoms with van der Waals surface area (Å²) in [5.41, 5.74) is 0.894.